The van der Waals surface area contributed by atoms with Crippen molar-refractivity contribution in [2.24, 2.45) is 23.2 Å². The lowest BCUT2D eigenvalue weighted by atomic mass is 9.62. The molecule has 12 heavy (non-hydrogen) atoms. The summed E-state index contributed by atoms with van der Waals surface area (Å²) in [5.74, 6) is 3.41. The fourth-order valence-corrected chi connectivity index (χ4v) is 4.51. The Kier molecular flexibility index (Phi) is 1.40. The molecule has 0 N–H and O–H groups in total. The van der Waals surface area contributed by atoms with E-state index in [9.17, 15) is 0 Å². The summed E-state index contributed by atoms with van der Waals surface area (Å²) in [6.45, 7) is 2.56. The van der Waals surface area contributed by atoms with Crippen molar-refractivity contribution in [1.29, 1.82) is 0 Å². The highest BCUT2D eigenvalue weighted by Crippen LogP contribution is 2.56. The van der Waals surface area contributed by atoms with E-state index in [0.29, 0.717) is 0 Å². The molecule has 4 saturated carbocycles. The Morgan fingerprint density at radius 2 is 1.50 bits per heavy atom. The summed E-state index contributed by atoms with van der Waals surface area (Å²) >= 11 is 0. The maximum atomic E-state index is 2.56. The molecule has 2 unspecified atom stereocenters. The Bertz CT molecular complexity index is 180. The molecule has 4 fully saturated rings. The Morgan fingerprint density at radius 3 is 2.17 bits per heavy atom. The average Bonchev–Trinajstić information content (AvgIpc) is 2.14. The summed E-state index contributed by atoms with van der Waals surface area (Å²) in [6, 6.07) is 0. The molecular weight excluding hydrogens is 144 g/mol. The van der Waals surface area contributed by atoms with Crippen LogP contribution in [0.3, 0.4) is 0 Å². The third-order valence-corrected chi connectivity index (χ3v) is 4.72. The number of fused-ring (bicyclic) bond motifs is 1. The van der Waals surface area contributed by atoms with E-state index in [1.54, 1.807) is 44.9 Å². The molecule has 4 bridgehead atoms. The van der Waals surface area contributed by atoms with Crippen LogP contribution in [0, 0.1) is 23.2 Å². The number of hydrogen-bond acceptors (Lipinski definition) is 0. The molecular formula is C12H20. The van der Waals surface area contributed by atoms with Crippen molar-refractivity contribution < 1.29 is 0 Å². The molecule has 0 amide bonds. The molecule has 4 rings (SSSR count). The van der Waals surface area contributed by atoms with Crippen molar-refractivity contribution in [2.45, 2.75) is 51.9 Å². The van der Waals surface area contributed by atoms with Crippen molar-refractivity contribution in [2.75, 3.05) is 0 Å². The lowest BCUT2D eigenvalue weighted by Crippen LogP contribution is -2.32. The van der Waals surface area contributed by atoms with Gasteiger partial charge in [-0.15, -0.1) is 0 Å². The summed E-state index contributed by atoms with van der Waals surface area (Å²) in [7, 11) is 0. The molecule has 0 aromatic rings. The van der Waals surface area contributed by atoms with Crippen LogP contribution in [0.4, 0.5) is 0 Å². The highest BCUT2D eigenvalue weighted by atomic mass is 14.5. The summed E-state index contributed by atoms with van der Waals surface area (Å²) in [4.78, 5) is 0. The van der Waals surface area contributed by atoms with E-state index < -0.39 is 0 Å². The van der Waals surface area contributed by atoms with Gasteiger partial charge in [-0.2, -0.15) is 0 Å². The topological polar surface area (TPSA) is 0 Å². The molecule has 4 aliphatic carbocycles. The predicted octanol–water partition coefficient (Wildman–Crippen LogP) is 3.61. The molecule has 0 aromatic heterocycles. The largest absolute Gasteiger partial charge is 0.0596 e. The standard InChI is InChI=1S/C12H20/c1-12-3-2-9-4-10(7-12)6-11(5-9)8-12/h9-11H,2-8H2,1H3. The van der Waals surface area contributed by atoms with E-state index in [4.69, 9.17) is 0 Å². The first-order valence-corrected chi connectivity index (χ1v) is 5.73. The second-order valence-corrected chi connectivity index (χ2v) is 6.06. The smallest absolute Gasteiger partial charge is 0.0320 e. The summed E-state index contributed by atoms with van der Waals surface area (Å²) in [6.07, 6.45) is 11.0. The van der Waals surface area contributed by atoms with Gasteiger partial charge >= 0.3 is 0 Å². The molecule has 68 valence electrons. The van der Waals surface area contributed by atoms with Crippen LogP contribution in [0.2, 0.25) is 0 Å². The van der Waals surface area contributed by atoms with Crippen LogP contribution in [0.5, 0.6) is 0 Å². The van der Waals surface area contributed by atoms with Gasteiger partial charge < -0.3 is 0 Å². The first kappa shape index (κ1) is 7.41. The van der Waals surface area contributed by atoms with Crippen LogP contribution < -0.4 is 0 Å². The van der Waals surface area contributed by atoms with E-state index in [-0.39, 0.29) is 0 Å². The number of hydrogen-bond donors (Lipinski definition) is 0. The molecule has 0 radical (unpaired) electrons. The van der Waals surface area contributed by atoms with E-state index in [1.807, 2.05) is 0 Å². The highest BCUT2D eigenvalue weighted by Gasteiger charge is 2.44. The maximum Gasteiger partial charge on any atom is -0.0320 e. The molecule has 0 heteroatoms. The Labute approximate surface area is 75.7 Å². The van der Waals surface area contributed by atoms with Gasteiger partial charge in [-0.05, 0) is 68.1 Å². The van der Waals surface area contributed by atoms with E-state index in [2.05, 4.69) is 6.92 Å². The highest BCUT2D eigenvalue weighted by molar-refractivity contribution is 4.95. The van der Waals surface area contributed by atoms with Gasteiger partial charge in [0, 0.05) is 0 Å². The second-order valence-electron chi connectivity index (χ2n) is 6.06. The third kappa shape index (κ3) is 1.03. The summed E-state index contributed by atoms with van der Waals surface area (Å²) in [5.41, 5.74) is 0.777. The average molecular weight is 164 g/mol. The van der Waals surface area contributed by atoms with Crippen LogP contribution in [0.25, 0.3) is 0 Å². The van der Waals surface area contributed by atoms with Gasteiger partial charge in [0.25, 0.3) is 0 Å². The summed E-state index contributed by atoms with van der Waals surface area (Å²) in [5, 5.41) is 0. The van der Waals surface area contributed by atoms with Crippen LogP contribution in [0.1, 0.15) is 51.9 Å². The number of rotatable bonds is 0. The molecule has 2 atom stereocenters. The monoisotopic (exact) mass is 164 g/mol. The maximum absolute atomic E-state index is 2.56. The van der Waals surface area contributed by atoms with Gasteiger partial charge in [-0.1, -0.05) is 6.92 Å². The molecule has 4 aliphatic rings. The minimum absolute atomic E-state index is 0.777. The molecule has 0 spiro atoms. The van der Waals surface area contributed by atoms with Gasteiger partial charge in [-0.3, -0.25) is 0 Å². The minimum atomic E-state index is 0.777. The minimum Gasteiger partial charge on any atom is -0.0596 e. The Balaban J connectivity index is 1.94. The summed E-state index contributed by atoms with van der Waals surface area (Å²) < 4.78 is 0. The molecule has 0 aromatic carbocycles. The SMILES string of the molecule is CC12CCC3CC(CC(C3)C1)C2. The fourth-order valence-electron chi connectivity index (χ4n) is 4.51. The van der Waals surface area contributed by atoms with E-state index in [0.717, 1.165) is 23.2 Å². The molecule has 0 aliphatic heterocycles. The van der Waals surface area contributed by atoms with E-state index in [1.165, 1.54) is 0 Å². The normalized spacial score (nSPS) is 57.2. The molecule has 0 saturated heterocycles. The zero-order valence-corrected chi connectivity index (χ0v) is 8.18. The van der Waals surface area contributed by atoms with Crippen molar-refractivity contribution in [3.63, 3.8) is 0 Å². The molecule has 0 heterocycles. The first-order chi connectivity index (χ1) is 5.73. The van der Waals surface area contributed by atoms with Crippen LogP contribution in [-0.4, -0.2) is 0 Å². The van der Waals surface area contributed by atoms with E-state index >= 15 is 0 Å². The van der Waals surface area contributed by atoms with Crippen molar-refractivity contribution in [3.8, 4) is 0 Å². The second kappa shape index (κ2) is 2.27. The van der Waals surface area contributed by atoms with Gasteiger partial charge in [0.15, 0.2) is 0 Å². The lowest BCUT2D eigenvalue weighted by molar-refractivity contribution is 0.0795. The first-order valence-electron chi connectivity index (χ1n) is 5.73. The third-order valence-electron chi connectivity index (χ3n) is 4.72. The van der Waals surface area contributed by atoms with Crippen LogP contribution >= 0.6 is 0 Å². The lowest BCUT2D eigenvalue weighted by Gasteiger charge is -2.43. The molecule has 0 nitrogen and oxygen atoms in total. The van der Waals surface area contributed by atoms with Gasteiger partial charge in [-0.25, -0.2) is 0 Å². The quantitative estimate of drug-likeness (QED) is 0.513. The Hall–Kier alpha value is 0. The van der Waals surface area contributed by atoms with Crippen molar-refractivity contribution in [1.82, 2.24) is 0 Å². The zero-order chi connectivity index (χ0) is 8.18. The van der Waals surface area contributed by atoms with Crippen molar-refractivity contribution >= 4 is 0 Å². The van der Waals surface area contributed by atoms with Gasteiger partial charge in [0.2, 0.25) is 0 Å². The van der Waals surface area contributed by atoms with Gasteiger partial charge in [0.05, 0.1) is 0 Å². The predicted molar refractivity (Wildman–Crippen MR) is 50.9 cm³/mol. The fraction of sp³-hybridized carbons (Fsp3) is 1.00. The zero-order valence-electron chi connectivity index (χ0n) is 8.18. The van der Waals surface area contributed by atoms with Gasteiger partial charge in [0.1, 0.15) is 0 Å². The van der Waals surface area contributed by atoms with Crippen LogP contribution in [0.15, 0.2) is 0 Å². The Morgan fingerprint density at radius 1 is 0.917 bits per heavy atom. The van der Waals surface area contributed by atoms with Crippen molar-refractivity contribution in [3.05, 3.63) is 0 Å². The van der Waals surface area contributed by atoms with Crippen LogP contribution in [-0.2, 0) is 0 Å².